The fourth-order valence-corrected chi connectivity index (χ4v) is 8.27. The Morgan fingerprint density at radius 2 is 1.77 bits per heavy atom. The van der Waals surface area contributed by atoms with Crippen molar-refractivity contribution < 1.29 is 19.1 Å². The molecule has 2 aliphatic carbocycles. The van der Waals surface area contributed by atoms with Crippen molar-refractivity contribution in [1.82, 2.24) is 10.2 Å². The van der Waals surface area contributed by atoms with Gasteiger partial charge in [-0.15, -0.1) is 0 Å². The number of fused-ring (bicyclic) bond motifs is 1. The minimum Gasteiger partial charge on any atom is -0.359 e. The molecular formula is C32H43N3O4. The molecule has 7 heteroatoms. The first-order valence-electron chi connectivity index (χ1n) is 15.1. The van der Waals surface area contributed by atoms with Crippen LogP contribution < -0.4 is 10.6 Å². The van der Waals surface area contributed by atoms with Gasteiger partial charge in [0.2, 0.25) is 17.7 Å². The number of ether oxygens (including phenoxy) is 1. The van der Waals surface area contributed by atoms with E-state index in [0.29, 0.717) is 23.4 Å². The van der Waals surface area contributed by atoms with Crippen molar-refractivity contribution in [2.45, 2.75) is 102 Å². The standard InChI is InChI=1S/C32H43N3O4/c1-18-9-7-12-22(17-18)33-29(36)26-25-15-16-32(39-25)27(26)31(38)35(24-14-6-5-10-20(24)3)28(32)30(37)34-23-13-8-11-19(2)21(23)4/h7,9,12,15-17,19-21,23-28H,5-6,8,10-11,13-14H2,1-4H3,(H,33,36)(H,34,37)/t19?,20?,21?,23?,24?,25-,26?,27-,28?,32?/m1/s1. The molecule has 3 aliphatic heterocycles. The molecule has 10 atom stereocenters. The predicted molar refractivity (Wildman–Crippen MR) is 150 cm³/mol. The van der Waals surface area contributed by atoms with Crippen molar-refractivity contribution in [1.29, 1.82) is 0 Å². The van der Waals surface area contributed by atoms with Gasteiger partial charge in [0.25, 0.3) is 0 Å². The molecule has 3 heterocycles. The monoisotopic (exact) mass is 533 g/mol. The first kappa shape index (κ1) is 26.5. The summed E-state index contributed by atoms with van der Waals surface area (Å²) in [5, 5.41) is 6.42. The van der Waals surface area contributed by atoms with Crippen LogP contribution in [0.2, 0.25) is 0 Å². The SMILES string of the molecule is Cc1cccc(NC(=O)C2[C@H]3C=CC4(O3)C(C(=O)NC3CCCC(C)C3C)N(C3CCCCC3C)C(=O)[C@@H]24)c1. The molecule has 39 heavy (non-hydrogen) atoms. The summed E-state index contributed by atoms with van der Waals surface area (Å²) in [5.41, 5.74) is 0.644. The largest absolute Gasteiger partial charge is 0.359 e. The lowest BCUT2D eigenvalue weighted by Gasteiger charge is -2.42. The van der Waals surface area contributed by atoms with Crippen LogP contribution in [0.3, 0.4) is 0 Å². The third kappa shape index (κ3) is 4.32. The van der Waals surface area contributed by atoms with E-state index >= 15 is 0 Å². The average molecular weight is 534 g/mol. The van der Waals surface area contributed by atoms with Gasteiger partial charge >= 0.3 is 0 Å². The summed E-state index contributed by atoms with van der Waals surface area (Å²) in [7, 11) is 0. The van der Waals surface area contributed by atoms with Crippen molar-refractivity contribution in [3.63, 3.8) is 0 Å². The molecule has 2 bridgehead atoms. The number of hydrogen-bond donors (Lipinski definition) is 2. The Bertz CT molecular complexity index is 1180. The molecule has 4 fully saturated rings. The fourth-order valence-electron chi connectivity index (χ4n) is 8.27. The Balaban J connectivity index is 1.34. The Hall–Kier alpha value is -2.67. The molecule has 0 radical (unpaired) electrons. The van der Waals surface area contributed by atoms with Gasteiger partial charge in [-0.05, 0) is 61.6 Å². The third-order valence-electron chi connectivity index (χ3n) is 10.6. The molecule has 1 aromatic rings. The van der Waals surface area contributed by atoms with Crippen LogP contribution in [0.15, 0.2) is 36.4 Å². The number of carbonyl (C=O) groups excluding carboxylic acids is 3. The topological polar surface area (TPSA) is 87.7 Å². The number of nitrogens with one attached hydrogen (secondary N) is 2. The molecule has 210 valence electrons. The van der Waals surface area contributed by atoms with Gasteiger partial charge in [-0.3, -0.25) is 14.4 Å². The van der Waals surface area contributed by atoms with Crippen LogP contribution in [0, 0.1) is 36.5 Å². The van der Waals surface area contributed by atoms with E-state index in [1.54, 1.807) is 0 Å². The highest BCUT2D eigenvalue weighted by atomic mass is 16.5. The number of nitrogens with zero attached hydrogens (tertiary/aromatic N) is 1. The number of amides is 3. The summed E-state index contributed by atoms with van der Waals surface area (Å²) in [5.74, 6) is -0.608. The minimum absolute atomic E-state index is 0.0267. The number of likely N-dealkylation sites (tertiary alicyclic amines) is 1. The highest BCUT2D eigenvalue weighted by Gasteiger charge is 2.73. The van der Waals surface area contributed by atoms with E-state index in [-0.39, 0.29) is 29.8 Å². The van der Waals surface area contributed by atoms with Crippen LogP contribution in [0.25, 0.3) is 0 Å². The molecule has 8 unspecified atom stereocenters. The Kier molecular flexibility index (Phi) is 6.85. The number of aryl methyl sites for hydroxylation is 1. The highest BCUT2D eigenvalue weighted by molar-refractivity contribution is 6.03. The van der Waals surface area contributed by atoms with Gasteiger partial charge < -0.3 is 20.3 Å². The van der Waals surface area contributed by atoms with E-state index in [2.05, 4.69) is 31.4 Å². The summed E-state index contributed by atoms with van der Waals surface area (Å²) in [6, 6.07) is 6.97. The second-order valence-electron chi connectivity index (χ2n) is 13.0. The van der Waals surface area contributed by atoms with E-state index in [1.165, 1.54) is 6.42 Å². The molecular weight excluding hydrogens is 490 g/mol. The first-order chi connectivity index (χ1) is 18.7. The lowest BCUT2D eigenvalue weighted by atomic mass is 9.73. The van der Waals surface area contributed by atoms with E-state index in [0.717, 1.165) is 44.1 Å². The van der Waals surface area contributed by atoms with Crippen molar-refractivity contribution in [3.8, 4) is 0 Å². The van der Waals surface area contributed by atoms with Crippen molar-refractivity contribution >= 4 is 23.4 Å². The number of benzene rings is 1. The quantitative estimate of drug-likeness (QED) is 0.542. The van der Waals surface area contributed by atoms with Gasteiger partial charge in [0, 0.05) is 17.8 Å². The minimum atomic E-state index is -1.11. The van der Waals surface area contributed by atoms with Crippen LogP contribution in [0.5, 0.6) is 0 Å². The Morgan fingerprint density at radius 3 is 2.54 bits per heavy atom. The second kappa shape index (κ2) is 10.1. The van der Waals surface area contributed by atoms with Crippen LogP contribution in [0.1, 0.15) is 71.3 Å². The summed E-state index contributed by atoms with van der Waals surface area (Å²) >= 11 is 0. The number of anilines is 1. The van der Waals surface area contributed by atoms with Crippen LogP contribution in [-0.4, -0.2) is 52.5 Å². The molecule has 1 aromatic carbocycles. The lowest BCUT2D eigenvalue weighted by Crippen LogP contribution is -2.60. The molecule has 1 spiro atoms. The molecule has 5 aliphatic rings. The average Bonchev–Trinajstić information content (AvgIpc) is 3.54. The van der Waals surface area contributed by atoms with Crippen molar-refractivity contribution in [2.24, 2.45) is 29.6 Å². The Labute approximate surface area is 232 Å². The lowest BCUT2D eigenvalue weighted by molar-refractivity contribution is -0.146. The predicted octanol–water partition coefficient (Wildman–Crippen LogP) is 4.60. The van der Waals surface area contributed by atoms with E-state index in [4.69, 9.17) is 4.74 Å². The van der Waals surface area contributed by atoms with E-state index in [1.807, 2.05) is 48.2 Å². The molecule has 6 rings (SSSR count). The van der Waals surface area contributed by atoms with Gasteiger partial charge in [-0.2, -0.15) is 0 Å². The maximum atomic E-state index is 14.4. The molecule has 7 nitrogen and oxygen atoms in total. The zero-order valence-corrected chi connectivity index (χ0v) is 23.7. The zero-order chi connectivity index (χ0) is 27.5. The first-order valence-corrected chi connectivity index (χ1v) is 15.1. The zero-order valence-electron chi connectivity index (χ0n) is 23.7. The van der Waals surface area contributed by atoms with Crippen LogP contribution in [-0.2, 0) is 19.1 Å². The maximum absolute atomic E-state index is 14.4. The molecule has 2 saturated carbocycles. The highest BCUT2D eigenvalue weighted by Crippen LogP contribution is 2.56. The molecule has 2 saturated heterocycles. The van der Waals surface area contributed by atoms with Gasteiger partial charge in [-0.1, -0.05) is 70.7 Å². The molecule has 0 aromatic heterocycles. The van der Waals surface area contributed by atoms with E-state index in [9.17, 15) is 14.4 Å². The second-order valence-corrected chi connectivity index (χ2v) is 13.0. The van der Waals surface area contributed by atoms with Crippen molar-refractivity contribution in [2.75, 3.05) is 5.32 Å². The summed E-state index contributed by atoms with van der Waals surface area (Å²) in [4.78, 5) is 44.3. The maximum Gasteiger partial charge on any atom is 0.246 e. The van der Waals surface area contributed by atoms with Crippen molar-refractivity contribution in [3.05, 3.63) is 42.0 Å². The summed E-state index contributed by atoms with van der Waals surface area (Å²) < 4.78 is 6.58. The fraction of sp³-hybridized carbons (Fsp3) is 0.656. The normalized spacial score (nSPS) is 41.0. The smallest absolute Gasteiger partial charge is 0.246 e. The third-order valence-corrected chi connectivity index (χ3v) is 10.6. The van der Waals surface area contributed by atoms with Gasteiger partial charge in [0.15, 0.2) is 0 Å². The van der Waals surface area contributed by atoms with Gasteiger partial charge in [-0.25, -0.2) is 0 Å². The van der Waals surface area contributed by atoms with Crippen LogP contribution >= 0.6 is 0 Å². The Morgan fingerprint density at radius 1 is 1.00 bits per heavy atom. The van der Waals surface area contributed by atoms with Gasteiger partial charge in [0.1, 0.15) is 11.6 Å². The molecule has 3 amide bonds. The molecule has 2 N–H and O–H groups in total. The number of carbonyl (C=O) groups is 3. The number of rotatable bonds is 5. The van der Waals surface area contributed by atoms with Gasteiger partial charge in [0.05, 0.1) is 17.9 Å². The number of hydrogen-bond acceptors (Lipinski definition) is 4. The summed E-state index contributed by atoms with van der Waals surface area (Å²) in [6.45, 7) is 8.65. The summed E-state index contributed by atoms with van der Waals surface area (Å²) in [6.07, 6.45) is 10.6. The van der Waals surface area contributed by atoms with E-state index < -0.39 is 29.6 Å². The van der Waals surface area contributed by atoms with Crippen LogP contribution in [0.4, 0.5) is 5.69 Å².